The number of hydrogen-bond acceptors (Lipinski definition) is 1. The van der Waals surface area contributed by atoms with Gasteiger partial charge >= 0.3 is 0 Å². The minimum atomic E-state index is -0.635. The van der Waals surface area contributed by atoms with Crippen molar-refractivity contribution in [3.63, 3.8) is 0 Å². The van der Waals surface area contributed by atoms with E-state index in [1.807, 2.05) is 45.0 Å². The van der Waals surface area contributed by atoms with Crippen LogP contribution in [-0.2, 0) is 6.42 Å². The fourth-order valence-electron chi connectivity index (χ4n) is 1.23. The van der Waals surface area contributed by atoms with Crippen LogP contribution in [0.4, 0.5) is 0 Å². The molecule has 2 heteroatoms. The first-order chi connectivity index (χ1) is 6.43. The highest BCUT2D eigenvalue weighted by Gasteiger charge is 2.25. The molecule has 0 aromatic heterocycles. The first kappa shape index (κ1) is 11.7. The minimum absolute atomic E-state index is 0.259. The molecule has 0 spiro atoms. The fourth-order valence-corrected chi connectivity index (χ4v) is 1.66. The predicted molar refractivity (Wildman–Crippen MR) is 63.3 cm³/mol. The Morgan fingerprint density at radius 2 is 1.93 bits per heavy atom. The topological polar surface area (TPSA) is 20.2 Å². The third-order valence-electron chi connectivity index (χ3n) is 2.75. The Morgan fingerprint density at radius 3 is 2.43 bits per heavy atom. The van der Waals surface area contributed by atoms with Crippen LogP contribution in [0.2, 0.25) is 0 Å². The highest BCUT2D eigenvalue weighted by atomic mass is 79.9. The molecule has 1 aromatic rings. The zero-order valence-corrected chi connectivity index (χ0v) is 10.5. The smallest absolute Gasteiger partial charge is 0.0683 e. The maximum atomic E-state index is 10.1. The molecule has 0 heterocycles. The molecule has 0 aliphatic heterocycles. The van der Waals surface area contributed by atoms with Crippen molar-refractivity contribution in [2.45, 2.75) is 32.8 Å². The van der Waals surface area contributed by atoms with E-state index < -0.39 is 5.60 Å². The van der Waals surface area contributed by atoms with Gasteiger partial charge in [-0.15, -0.1) is 0 Å². The van der Waals surface area contributed by atoms with E-state index in [1.54, 1.807) is 0 Å². The SMILES string of the molecule is CC(C)C(C)(O)Cc1ccccc1Br. The number of hydrogen-bond donors (Lipinski definition) is 1. The molecule has 0 amide bonds. The molecule has 0 aliphatic carbocycles. The molecule has 1 nitrogen and oxygen atoms in total. The molecule has 14 heavy (non-hydrogen) atoms. The van der Waals surface area contributed by atoms with E-state index in [0.29, 0.717) is 6.42 Å². The van der Waals surface area contributed by atoms with Gasteiger partial charge in [0.2, 0.25) is 0 Å². The van der Waals surface area contributed by atoms with Crippen LogP contribution in [0.1, 0.15) is 26.3 Å². The third kappa shape index (κ3) is 2.82. The average molecular weight is 257 g/mol. The number of halogens is 1. The quantitative estimate of drug-likeness (QED) is 0.879. The van der Waals surface area contributed by atoms with E-state index >= 15 is 0 Å². The summed E-state index contributed by atoms with van der Waals surface area (Å²) in [6, 6.07) is 8.03. The van der Waals surface area contributed by atoms with Crippen LogP contribution in [-0.4, -0.2) is 10.7 Å². The monoisotopic (exact) mass is 256 g/mol. The Hall–Kier alpha value is -0.340. The predicted octanol–water partition coefficient (Wildman–Crippen LogP) is 3.40. The Balaban J connectivity index is 2.84. The lowest BCUT2D eigenvalue weighted by molar-refractivity contribution is 0.0138. The summed E-state index contributed by atoms with van der Waals surface area (Å²) in [5.41, 5.74) is 0.523. The Kier molecular flexibility index (Phi) is 3.73. The van der Waals surface area contributed by atoms with E-state index in [0.717, 1.165) is 10.0 Å². The van der Waals surface area contributed by atoms with E-state index in [4.69, 9.17) is 0 Å². The summed E-state index contributed by atoms with van der Waals surface area (Å²) in [5.74, 6) is 0.259. The van der Waals surface area contributed by atoms with Gasteiger partial charge in [0.1, 0.15) is 0 Å². The third-order valence-corrected chi connectivity index (χ3v) is 3.52. The second-order valence-corrected chi connectivity index (χ2v) is 5.13. The normalized spacial score (nSPS) is 15.6. The van der Waals surface area contributed by atoms with E-state index in [-0.39, 0.29) is 5.92 Å². The Labute approximate surface area is 94.3 Å². The second kappa shape index (κ2) is 4.45. The van der Waals surface area contributed by atoms with E-state index in [2.05, 4.69) is 15.9 Å². The van der Waals surface area contributed by atoms with Gasteiger partial charge in [-0.1, -0.05) is 48.0 Å². The van der Waals surface area contributed by atoms with E-state index in [9.17, 15) is 5.11 Å². The lowest BCUT2D eigenvalue weighted by atomic mass is 9.86. The van der Waals surface area contributed by atoms with Crippen LogP contribution >= 0.6 is 15.9 Å². The van der Waals surface area contributed by atoms with Crippen molar-refractivity contribution in [1.29, 1.82) is 0 Å². The van der Waals surface area contributed by atoms with Gasteiger partial charge in [-0.3, -0.25) is 0 Å². The van der Waals surface area contributed by atoms with Gasteiger partial charge in [-0.25, -0.2) is 0 Å². The van der Waals surface area contributed by atoms with E-state index in [1.165, 1.54) is 0 Å². The van der Waals surface area contributed by atoms with Crippen molar-refractivity contribution in [2.75, 3.05) is 0 Å². The molecule has 0 saturated heterocycles. The highest BCUT2D eigenvalue weighted by molar-refractivity contribution is 9.10. The molecular weight excluding hydrogens is 240 g/mol. The zero-order chi connectivity index (χ0) is 10.8. The molecule has 0 aliphatic rings. The molecule has 1 N–H and O–H groups in total. The van der Waals surface area contributed by atoms with Crippen LogP contribution < -0.4 is 0 Å². The summed E-state index contributed by atoms with van der Waals surface area (Å²) in [5, 5.41) is 10.1. The molecule has 78 valence electrons. The molecule has 1 aromatic carbocycles. The van der Waals surface area contributed by atoms with Gasteiger partial charge in [0.05, 0.1) is 5.60 Å². The van der Waals surface area contributed by atoms with Crippen molar-refractivity contribution in [3.8, 4) is 0 Å². The summed E-state index contributed by atoms with van der Waals surface area (Å²) in [6.07, 6.45) is 0.687. The van der Waals surface area contributed by atoms with Crippen LogP contribution in [0.25, 0.3) is 0 Å². The molecular formula is C12H17BrO. The number of aliphatic hydroxyl groups is 1. The standard InChI is InChI=1S/C12H17BrO/c1-9(2)12(3,14)8-10-6-4-5-7-11(10)13/h4-7,9,14H,8H2,1-3H3. The maximum Gasteiger partial charge on any atom is 0.0683 e. The molecule has 1 unspecified atom stereocenters. The molecule has 0 bridgehead atoms. The highest BCUT2D eigenvalue weighted by Crippen LogP contribution is 2.25. The molecule has 0 fully saturated rings. The zero-order valence-electron chi connectivity index (χ0n) is 8.92. The lowest BCUT2D eigenvalue weighted by Gasteiger charge is -2.28. The first-order valence-corrected chi connectivity index (χ1v) is 5.68. The summed E-state index contributed by atoms with van der Waals surface area (Å²) >= 11 is 3.49. The van der Waals surface area contributed by atoms with Crippen molar-refractivity contribution < 1.29 is 5.11 Å². The van der Waals surface area contributed by atoms with Crippen molar-refractivity contribution in [1.82, 2.24) is 0 Å². The largest absolute Gasteiger partial charge is 0.390 e. The van der Waals surface area contributed by atoms with Crippen molar-refractivity contribution in [2.24, 2.45) is 5.92 Å². The van der Waals surface area contributed by atoms with Gasteiger partial charge in [-0.2, -0.15) is 0 Å². The van der Waals surface area contributed by atoms with Crippen LogP contribution in [0.3, 0.4) is 0 Å². The summed E-state index contributed by atoms with van der Waals surface area (Å²) in [4.78, 5) is 0. The molecule has 0 radical (unpaired) electrons. The second-order valence-electron chi connectivity index (χ2n) is 4.28. The van der Waals surface area contributed by atoms with Crippen molar-refractivity contribution in [3.05, 3.63) is 34.3 Å². The molecule has 0 saturated carbocycles. The minimum Gasteiger partial charge on any atom is -0.390 e. The Bertz CT molecular complexity index is 305. The van der Waals surface area contributed by atoms with Gasteiger partial charge in [0.15, 0.2) is 0 Å². The summed E-state index contributed by atoms with van der Waals surface area (Å²) < 4.78 is 1.07. The summed E-state index contributed by atoms with van der Waals surface area (Å²) in [6.45, 7) is 5.96. The first-order valence-electron chi connectivity index (χ1n) is 4.89. The maximum absolute atomic E-state index is 10.1. The van der Waals surface area contributed by atoms with Gasteiger partial charge < -0.3 is 5.11 Å². The van der Waals surface area contributed by atoms with Crippen LogP contribution in [0.15, 0.2) is 28.7 Å². The molecule has 1 rings (SSSR count). The van der Waals surface area contributed by atoms with Gasteiger partial charge in [0.25, 0.3) is 0 Å². The van der Waals surface area contributed by atoms with Crippen LogP contribution in [0.5, 0.6) is 0 Å². The average Bonchev–Trinajstić information content (AvgIpc) is 2.08. The summed E-state index contributed by atoms with van der Waals surface area (Å²) in [7, 11) is 0. The Morgan fingerprint density at radius 1 is 1.36 bits per heavy atom. The van der Waals surface area contributed by atoms with Gasteiger partial charge in [0, 0.05) is 10.9 Å². The molecule has 1 atom stereocenters. The number of benzene rings is 1. The van der Waals surface area contributed by atoms with Crippen molar-refractivity contribution >= 4 is 15.9 Å². The fraction of sp³-hybridized carbons (Fsp3) is 0.500. The lowest BCUT2D eigenvalue weighted by Crippen LogP contribution is -2.33. The van der Waals surface area contributed by atoms with Crippen LogP contribution in [0, 0.1) is 5.92 Å². The number of rotatable bonds is 3. The van der Waals surface area contributed by atoms with Gasteiger partial charge in [-0.05, 0) is 24.5 Å².